The van der Waals surface area contributed by atoms with Crippen molar-refractivity contribution >= 4 is 34.8 Å². The summed E-state index contributed by atoms with van der Waals surface area (Å²) >= 11 is 0. The number of hydrogen-bond acceptors (Lipinski definition) is 8. The predicted octanol–water partition coefficient (Wildman–Crippen LogP) is 5.02. The zero-order chi connectivity index (χ0) is 26.9. The number of pyridine rings is 2. The van der Waals surface area contributed by atoms with Crippen molar-refractivity contribution in [1.29, 1.82) is 0 Å². The first-order valence-corrected chi connectivity index (χ1v) is 12.5. The van der Waals surface area contributed by atoms with Crippen molar-refractivity contribution in [3.05, 3.63) is 66.8 Å². The van der Waals surface area contributed by atoms with Crippen molar-refractivity contribution in [2.75, 3.05) is 37.4 Å². The van der Waals surface area contributed by atoms with Crippen LogP contribution in [0.25, 0.3) is 22.6 Å². The summed E-state index contributed by atoms with van der Waals surface area (Å²) in [5.74, 6) is 1.35. The van der Waals surface area contributed by atoms with Crippen LogP contribution in [-0.4, -0.2) is 68.1 Å². The van der Waals surface area contributed by atoms with Crippen LogP contribution >= 0.6 is 0 Å². The molecule has 4 aromatic rings. The Morgan fingerprint density at radius 3 is 2.58 bits per heavy atom. The van der Waals surface area contributed by atoms with Crippen LogP contribution in [0.4, 0.5) is 22.2 Å². The first-order chi connectivity index (χ1) is 18.2. The van der Waals surface area contributed by atoms with Gasteiger partial charge in [-0.2, -0.15) is 0 Å². The van der Waals surface area contributed by atoms with Gasteiger partial charge < -0.3 is 19.9 Å². The fourth-order valence-electron chi connectivity index (χ4n) is 4.20. The SMILES string of the molecule is CN(C)c1ccc(Nc2nccc(-c3cnc4ccc(C5=CCN(C(=O)OC(C)(C)C)CC5)cn34)n2)cn1. The third-order valence-electron chi connectivity index (χ3n) is 6.12. The summed E-state index contributed by atoms with van der Waals surface area (Å²) in [7, 11) is 3.90. The van der Waals surface area contributed by atoms with Crippen LogP contribution in [0.3, 0.4) is 0 Å². The number of anilines is 3. The van der Waals surface area contributed by atoms with Gasteiger partial charge in [0.25, 0.3) is 0 Å². The van der Waals surface area contributed by atoms with E-state index in [0.29, 0.717) is 19.0 Å². The van der Waals surface area contributed by atoms with E-state index in [0.717, 1.165) is 40.5 Å². The molecule has 0 saturated heterocycles. The van der Waals surface area contributed by atoms with E-state index < -0.39 is 5.60 Å². The molecule has 1 aliphatic heterocycles. The standard InChI is InChI=1S/C28H32N8O2/c1-28(2,3)38-27(37)35-14-11-19(12-15-35)20-6-8-25-31-17-23(36(25)18-20)22-10-13-29-26(33-22)32-21-7-9-24(30-16-21)34(4)5/h6-11,13,16-18H,12,14-15H2,1-5H3,(H,29,32,33). The van der Waals surface area contributed by atoms with Gasteiger partial charge in [-0.15, -0.1) is 0 Å². The molecule has 0 bridgehead atoms. The van der Waals surface area contributed by atoms with E-state index in [-0.39, 0.29) is 6.09 Å². The molecule has 0 unspecified atom stereocenters. The van der Waals surface area contributed by atoms with Crippen LogP contribution in [0.5, 0.6) is 0 Å². The molecular weight excluding hydrogens is 480 g/mol. The van der Waals surface area contributed by atoms with Crippen molar-refractivity contribution < 1.29 is 9.53 Å². The molecule has 1 aliphatic rings. The van der Waals surface area contributed by atoms with Crippen LogP contribution in [0.15, 0.2) is 61.2 Å². The van der Waals surface area contributed by atoms with Gasteiger partial charge in [-0.3, -0.25) is 4.40 Å². The van der Waals surface area contributed by atoms with Gasteiger partial charge in [-0.25, -0.2) is 24.7 Å². The second-order valence-corrected chi connectivity index (χ2v) is 10.4. The second-order valence-electron chi connectivity index (χ2n) is 10.4. The van der Waals surface area contributed by atoms with E-state index in [4.69, 9.17) is 9.72 Å². The predicted molar refractivity (Wildman–Crippen MR) is 148 cm³/mol. The average Bonchev–Trinajstić information content (AvgIpc) is 3.32. The van der Waals surface area contributed by atoms with Crippen LogP contribution < -0.4 is 10.2 Å². The molecule has 0 radical (unpaired) electrons. The van der Waals surface area contributed by atoms with Gasteiger partial charge in [0.05, 0.1) is 29.5 Å². The van der Waals surface area contributed by atoms with Crippen molar-refractivity contribution in [2.24, 2.45) is 0 Å². The van der Waals surface area contributed by atoms with Crippen molar-refractivity contribution in [3.63, 3.8) is 0 Å². The summed E-state index contributed by atoms with van der Waals surface area (Å²) in [6, 6.07) is 9.82. The Morgan fingerprint density at radius 1 is 1.05 bits per heavy atom. The van der Waals surface area contributed by atoms with Crippen LogP contribution in [0, 0.1) is 0 Å². The number of imidazole rings is 1. The maximum atomic E-state index is 12.4. The van der Waals surface area contributed by atoms with Crippen molar-refractivity contribution in [3.8, 4) is 11.4 Å². The fraction of sp³-hybridized carbons (Fsp3) is 0.321. The Balaban J connectivity index is 1.36. The first kappa shape index (κ1) is 25.2. The molecule has 1 amide bonds. The molecule has 196 valence electrons. The monoisotopic (exact) mass is 512 g/mol. The summed E-state index contributed by atoms with van der Waals surface area (Å²) in [6.07, 6.45) is 9.93. The maximum Gasteiger partial charge on any atom is 0.410 e. The van der Waals surface area contributed by atoms with Gasteiger partial charge in [0.2, 0.25) is 5.95 Å². The molecule has 0 saturated carbocycles. The van der Waals surface area contributed by atoms with Gasteiger partial charge in [-0.05, 0) is 68.7 Å². The molecule has 1 N–H and O–H groups in total. The van der Waals surface area contributed by atoms with E-state index >= 15 is 0 Å². The van der Waals surface area contributed by atoms with E-state index in [1.54, 1.807) is 17.3 Å². The van der Waals surface area contributed by atoms with Gasteiger partial charge in [0, 0.05) is 39.6 Å². The topological polar surface area (TPSA) is 101 Å². The summed E-state index contributed by atoms with van der Waals surface area (Å²) in [5, 5.41) is 3.23. The molecule has 5 rings (SSSR count). The third kappa shape index (κ3) is 5.59. The van der Waals surface area contributed by atoms with Gasteiger partial charge in [-0.1, -0.05) is 6.08 Å². The first-order valence-electron chi connectivity index (χ1n) is 12.5. The zero-order valence-corrected chi connectivity index (χ0v) is 22.3. The summed E-state index contributed by atoms with van der Waals surface area (Å²) < 4.78 is 7.55. The van der Waals surface area contributed by atoms with Gasteiger partial charge >= 0.3 is 6.09 Å². The molecule has 5 heterocycles. The quantitative estimate of drug-likeness (QED) is 0.398. The number of amides is 1. The van der Waals surface area contributed by atoms with E-state index in [1.165, 1.54) is 5.57 Å². The van der Waals surface area contributed by atoms with Gasteiger partial charge in [0.15, 0.2) is 0 Å². The Labute approximate surface area is 222 Å². The number of ether oxygens (including phenoxy) is 1. The lowest BCUT2D eigenvalue weighted by molar-refractivity contribution is 0.0270. The summed E-state index contributed by atoms with van der Waals surface area (Å²) in [6.45, 7) is 6.77. The third-order valence-corrected chi connectivity index (χ3v) is 6.12. The molecule has 38 heavy (non-hydrogen) atoms. The van der Waals surface area contributed by atoms with Gasteiger partial charge in [0.1, 0.15) is 17.1 Å². The number of nitrogens with one attached hydrogen (secondary N) is 1. The highest BCUT2D eigenvalue weighted by Crippen LogP contribution is 2.27. The van der Waals surface area contributed by atoms with Crippen LogP contribution in [0.1, 0.15) is 32.8 Å². The molecule has 0 fully saturated rings. The number of rotatable bonds is 5. The molecule has 0 atom stereocenters. The highest BCUT2D eigenvalue weighted by atomic mass is 16.6. The fourth-order valence-corrected chi connectivity index (χ4v) is 4.20. The van der Waals surface area contributed by atoms with Crippen molar-refractivity contribution in [1.82, 2.24) is 29.2 Å². The van der Waals surface area contributed by atoms with Crippen LogP contribution in [-0.2, 0) is 4.74 Å². The average molecular weight is 513 g/mol. The minimum atomic E-state index is -0.506. The number of carbonyl (C=O) groups excluding carboxylic acids is 1. The van der Waals surface area contributed by atoms with Crippen molar-refractivity contribution in [2.45, 2.75) is 32.8 Å². The Bertz CT molecular complexity index is 1490. The Kier molecular flexibility index (Phi) is 6.71. The van der Waals surface area contributed by atoms with E-state index in [1.807, 2.05) is 74.6 Å². The largest absolute Gasteiger partial charge is 0.444 e. The maximum absolute atomic E-state index is 12.4. The Hall–Kier alpha value is -4.47. The smallest absolute Gasteiger partial charge is 0.410 e. The lowest BCUT2D eigenvalue weighted by Gasteiger charge is -2.29. The number of carbonyl (C=O) groups is 1. The molecule has 4 aromatic heterocycles. The molecule has 10 heteroatoms. The summed E-state index contributed by atoms with van der Waals surface area (Å²) in [4.78, 5) is 34.2. The van der Waals surface area contributed by atoms with E-state index in [2.05, 4.69) is 38.6 Å². The number of hydrogen-bond donors (Lipinski definition) is 1. The van der Waals surface area contributed by atoms with E-state index in [9.17, 15) is 4.79 Å². The molecule has 0 spiro atoms. The lowest BCUT2D eigenvalue weighted by atomic mass is 10.0. The minimum Gasteiger partial charge on any atom is -0.444 e. The normalized spacial score (nSPS) is 13.8. The molecule has 10 nitrogen and oxygen atoms in total. The molecule has 0 aliphatic carbocycles. The number of aromatic nitrogens is 5. The minimum absolute atomic E-state index is 0.280. The summed E-state index contributed by atoms with van der Waals surface area (Å²) in [5.41, 5.74) is 5.00. The molecule has 0 aromatic carbocycles. The molecular formula is C28H32N8O2. The number of fused-ring (bicyclic) bond motifs is 1. The van der Waals surface area contributed by atoms with Crippen LogP contribution in [0.2, 0.25) is 0 Å². The second kappa shape index (κ2) is 10.1. The number of nitrogens with zero attached hydrogens (tertiary/aromatic N) is 7. The highest BCUT2D eigenvalue weighted by molar-refractivity contribution is 5.73. The lowest BCUT2D eigenvalue weighted by Crippen LogP contribution is -2.39. The highest BCUT2D eigenvalue weighted by Gasteiger charge is 2.24. The zero-order valence-electron chi connectivity index (χ0n) is 22.3. The Morgan fingerprint density at radius 2 is 1.89 bits per heavy atom.